The minimum atomic E-state index is -0.566. The summed E-state index contributed by atoms with van der Waals surface area (Å²) < 4.78 is 15.3. The lowest BCUT2D eigenvalue weighted by atomic mass is 10.2. The first-order chi connectivity index (χ1) is 13.5. The van der Waals surface area contributed by atoms with E-state index in [1.165, 1.54) is 46.8 Å². The van der Waals surface area contributed by atoms with Crippen molar-refractivity contribution >= 4 is 40.0 Å². The van der Waals surface area contributed by atoms with E-state index in [2.05, 4.69) is 31.0 Å². The van der Waals surface area contributed by atoms with Gasteiger partial charge in [0.1, 0.15) is 17.2 Å². The number of hydrogen-bond acceptors (Lipinski definition) is 8. The molecule has 0 unspecified atom stereocenters. The highest BCUT2D eigenvalue weighted by Gasteiger charge is 2.14. The van der Waals surface area contributed by atoms with E-state index >= 15 is 0 Å². The summed E-state index contributed by atoms with van der Waals surface area (Å²) in [4.78, 5) is 23.9. The van der Waals surface area contributed by atoms with Crippen LogP contribution < -0.4 is 10.6 Å². The molecule has 0 radical (unpaired) electrons. The van der Waals surface area contributed by atoms with Crippen LogP contribution in [-0.4, -0.2) is 49.1 Å². The molecule has 0 bridgehead atoms. The molecule has 12 heteroatoms. The molecule has 2 N–H and O–H groups in total. The van der Waals surface area contributed by atoms with Crippen molar-refractivity contribution in [1.82, 2.24) is 30.3 Å². The Bertz CT molecular complexity index is 962. The van der Waals surface area contributed by atoms with Gasteiger partial charge in [-0.2, -0.15) is 0 Å². The van der Waals surface area contributed by atoms with Gasteiger partial charge in [-0.05, 0) is 12.1 Å². The number of carbonyl (C=O) groups is 2. The van der Waals surface area contributed by atoms with Gasteiger partial charge in [-0.15, -0.1) is 20.4 Å². The van der Waals surface area contributed by atoms with Crippen molar-refractivity contribution in [3.63, 3.8) is 0 Å². The minimum Gasteiger partial charge on any atom is -0.351 e. The Kier molecular flexibility index (Phi) is 6.66. The predicted molar refractivity (Wildman–Crippen MR) is 103 cm³/mol. The molecular formula is C16H16FN7O2S2. The van der Waals surface area contributed by atoms with Gasteiger partial charge >= 0.3 is 0 Å². The SMILES string of the molecule is Cn1c(CCNC(=O)c2ccccc2F)nnc1SCC(=O)Nc1nncs1. The van der Waals surface area contributed by atoms with Crippen molar-refractivity contribution in [3.8, 4) is 0 Å². The van der Waals surface area contributed by atoms with Crippen LogP contribution in [0, 0.1) is 5.82 Å². The fourth-order valence-corrected chi connectivity index (χ4v) is 3.42. The van der Waals surface area contributed by atoms with E-state index in [1.54, 1.807) is 17.7 Å². The summed E-state index contributed by atoms with van der Waals surface area (Å²) >= 11 is 2.47. The van der Waals surface area contributed by atoms with E-state index in [1.807, 2.05) is 0 Å². The maximum absolute atomic E-state index is 13.6. The average molecular weight is 421 g/mol. The molecule has 2 heterocycles. The maximum atomic E-state index is 13.6. The van der Waals surface area contributed by atoms with E-state index in [4.69, 9.17) is 0 Å². The number of hydrogen-bond donors (Lipinski definition) is 2. The summed E-state index contributed by atoms with van der Waals surface area (Å²) in [7, 11) is 1.78. The van der Waals surface area contributed by atoms with Crippen LogP contribution in [0.15, 0.2) is 34.9 Å². The molecule has 2 aromatic heterocycles. The van der Waals surface area contributed by atoms with Crippen molar-refractivity contribution < 1.29 is 14.0 Å². The monoisotopic (exact) mass is 421 g/mol. The Morgan fingerprint density at radius 1 is 1.25 bits per heavy atom. The van der Waals surface area contributed by atoms with Gasteiger partial charge in [0, 0.05) is 20.0 Å². The molecule has 0 aliphatic carbocycles. The summed E-state index contributed by atoms with van der Waals surface area (Å²) in [5.74, 6) is -0.480. The van der Waals surface area contributed by atoms with E-state index in [0.29, 0.717) is 22.5 Å². The quantitative estimate of drug-likeness (QED) is 0.530. The lowest BCUT2D eigenvalue weighted by Gasteiger charge is -2.06. The first-order valence-corrected chi connectivity index (χ1v) is 10.0. The number of halogens is 1. The second-order valence-corrected chi connectivity index (χ2v) is 7.30. The van der Waals surface area contributed by atoms with Crippen molar-refractivity contribution in [2.75, 3.05) is 17.6 Å². The molecule has 0 aliphatic heterocycles. The summed E-state index contributed by atoms with van der Waals surface area (Å²) in [5.41, 5.74) is 1.53. The van der Waals surface area contributed by atoms with Crippen LogP contribution in [-0.2, 0) is 18.3 Å². The zero-order valence-corrected chi connectivity index (χ0v) is 16.4. The molecule has 0 atom stereocenters. The van der Waals surface area contributed by atoms with Gasteiger partial charge in [-0.3, -0.25) is 14.9 Å². The third kappa shape index (κ3) is 5.10. The zero-order valence-electron chi connectivity index (χ0n) is 14.8. The fourth-order valence-electron chi connectivity index (χ4n) is 2.23. The van der Waals surface area contributed by atoms with E-state index in [9.17, 15) is 14.0 Å². The average Bonchev–Trinajstić information content (AvgIpc) is 3.31. The third-order valence-corrected chi connectivity index (χ3v) is 5.24. The Hall–Kier alpha value is -2.86. The molecule has 9 nitrogen and oxygen atoms in total. The highest BCUT2D eigenvalue weighted by atomic mass is 32.2. The Morgan fingerprint density at radius 3 is 2.82 bits per heavy atom. The van der Waals surface area contributed by atoms with E-state index in [0.717, 1.165) is 0 Å². The first-order valence-electron chi connectivity index (χ1n) is 8.14. The summed E-state index contributed by atoms with van der Waals surface area (Å²) in [6.45, 7) is 0.279. The Balaban J connectivity index is 1.47. The molecule has 3 aromatic rings. The van der Waals surface area contributed by atoms with Crippen LogP contribution in [0.5, 0.6) is 0 Å². The van der Waals surface area contributed by atoms with Gasteiger partial charge in [0.05, 0.1) is 11.3 Å². The maximum Gasteiger partial charge on any atom is 0.254 e. The molecule has 0 spiro atoms. The topological polar surface area (TPSA) is 115 Å². The third-order valence-electron chi connectivity index (χ3n) is 3.62. The summed E-state index contributed by atoms with van der Waals surface area (Å²) in [5, 5.41) is 21.8. The van der Waals surface area contributed by atoms with Crippen LogP contribution in [0.25, 0.3) is 0 Å². The molecule has 2 amide bonds. The molecule has 0 aliphatic rings. The smallest absolute Gasteiger partial charge is 0.254 e. The molecular weight excluding hydrogens is 405 g/mol. The number of anilines is 1. The van der Waals surface area contributed by atoms with Gasteiger partial charge < -0.3 is 9.88 Å². The molecule has 3 rings (SSSR count). The number of nitrogens with one attached hydrogen (secondary N) is 2. The molecule has 0 fully saturated rings. The lowest BCUT2D eigenvalue weighted by Crippen LogP contribution is -2.27. The van der Waals surface area contributed by atoms with Crippen LogP contribution >= 0.6 is 23.1 Å². The van der Waals surface area contributed by atoms with Crippen molar-refractivity contribution in [1.29, 1.82) is 0 Å². The number of rotatable bonds is 8. The number of nitrogens with zero attached hydrogens (tertiary/aromatic N) is 5. The number of benzene rings is 1. The molecule has 0 saturated heterocycles. The number of amides is 2. The van der Waals surface area contributed by atoms with Crippen LogP contribution in [0.4, 0.5) is 9.52 Å². The predicted octanol–water partition coefficient (Wildman–Crippen LogP) is 1.51. The Labute approximate surface area is 167 Å². The normalized spacial score (nSPS) is 10.6. The van der Waals surface area contributed by atoms with Crippen LogP contribution in [0.1, 0.15) is 16.2 Å². The number of aromatic nitrogens is 5. The van der Waals surface area contributed by atoms with Gasteiger partial charge in [0.25, 0.3) is 5.91 Å². The van der Waals surface area contributed by atoms with Crippen LogP contribution in [0.3, 0.4) is 0 Å². The molecule has 28 heavy (non-hydrogen) atoms. The zero-order chi connectivity index (χ0) is 19.9. The largest absolute Gasteiger partial charge is 0.351 e. The van der Waals surface area contributed by atoms with Crippen molar-refractivity contribution in [3.05, 3.63) is 47.0 Å². The van der Waals surface area contributed by atoms with Gasteiger partial charge in [0.2, 0.25) is 11.0 Å². The lowest BCUT2D eigenvalue weighted by molar-refractivity contribution is -0.113. The van der Waals surface area contributed by atoms with Crippen molar-refractivity contribution in [2.24, 2.45) is 7.05 Å². The second-order valence-electron chi connectivity index (χ2n) is 5.52. The summed E-state index contributed by atoms with van der Waals surface area (Å²) in [6.07, 6.45) is 0.418. The summed E-state index contributed by atoms with van der Waals surface area (Å²) in [6, 6.07) is 5.79. The highest BCUT2D eigenvalue weighted by Crippen LogP contribution is 2.17. The van der Waals surface area contributed by atoms with Crippen LogP contribution in [0.2, 0.25) is 0 Å². The van der Waals surface area contributed by atoms with Gasteiger partial charge in [0.15, 0.2) is 5.16 Å². The highest BCUT2D eigenvalue weighted by molar-refractivity contribution is 7.99. The molecule has 0 saturated carbocycles. The number of thioether (sulfide) groups is 1. The minimum absolute atomic E-state index is 0.00171. The number of carbonyl (C=O) groups excluding carboxylic acids is 2. The van der Waals surface area contributed by atoms with E-state index < -0.39 is 11.7 Å². The second kappa shape index (κ2) is 9.37. The molecule has 146 valence electrons. The standard InChI is InChI=1S/C16H16FN7O2S2/c1-24-12(6-7-18-14(26)10-4-2-3-5-11(10)17)21-23-16(24)27-8-13(25)20-15-22-19-9-28-15/h2-5,9H,6-8H2,1H3,(H,18,26)(H,20,22,25). The Morgan fingerprint density at radius 2 is 2.07 bits per heavy atom. The van der Waals surface area contributed by atoms with Crippen molar-refractivity contribution in [2.45, 2.75) is 11.6 Å². The fraction of sp³-hybridized carbons (Fsp3) is 0.250. The van der Waals surface area contributed by atoms with Gasteiger partial charge in [-0.25, -0.2) is 4.39 Å². The first kappa shape index (κ1) is 19.9. The van der Waals surface area contributed by atoms with E-state index in [-0.39, 0.29) is 23.8 Å². The molecule has 1 aromatic carbocycles. The van der Waals surface area contributed by atoms with Gasteiger partial charge in [-0.1, -0.05) is 35.2 Å².